The second kappa shape index (κ2) is 8.50. The van der Waals surface area contributed by atoms with Gasteiger partial charge in [-0.25, -0.2) is 0 Å². The first-order valence-electron chi connectivity index (χ1n) is 9.09. The topological polar surface area (TPSA) is 63.2 Å². The van der Waals surface area contributed by atoms with Crippen LogP contribution < -0.4 is 0 Å². The summed E-state index contributed by atoms with van der Waals surface area (Å²) in [6.07, 6.45) is 2.13. The molecule has 0 radical (unpaired) electrons. The van der Waals surface area contributed by atoms with Crippen molar-refractivity contribution >= 4 is 11.7 Å². The van der Waals surface area contributed by atoms with Crippen molar-refractivity contribution in [3.8, 4) is 0 Å². The minimum Gasteiger partial charge on any atom is -0.342 e. The smallest absolute Gasteiger partial charge is 0.342 e. The Bertz CT molecular complexity index is 840. The molecule has 1 fully saturated rings. The van der Waals surface area contributed by atoms with Gasteiger partial charge in [0.1, 0.15) is 0 Å². The summed E-state index contributed by atoms with van der Waals surface area (Å²) in [5, 5.41) is 0. The van der Waals surface area contributed by atoms with Crippen LogP contribution in [0, 0.1) is 5.92 Å². The fourth-order valence-electron chi connectivity index (χ4n) is 3.35. The van der Waals surface area contributed by atoms with E-state index in [9.17, 15) is 22.8 Å². The van der Waals surface area contributed by atoms with Crippen LogP contribution in [0.4, 0.5) is 13.2 Å². The van der Waals surface area contributed by atoms with Gasteiger partial charge in [-0.2, -0.15) is 13.2 Å². The molecule has 1 unspecified atom stereocenters. The molecule has 0 spiro atoms. The molecule has 0 saturated carbocycles. The fraction of sp³-hybridized carbons (Fsp3) is 0.400. The van der Waals surface area contributed by atoms with E-state index < -0.39 is 17.7 Å². The highest BCUT2D eigenvalue weighted by Crippen LogP contribution is 2.30. The minimum absolute atomic E-state index is 0.0358. The van der Waals surface area contributed by atoms with Gasteiger partial charge in [-0.3, -0.25) is 19.6 Å². The predicted molar refractivity (Wildman–Crippen MR) is 95.4 cm³/mol. The SMILES string of the molecule is O=C(c1cccc(C(F)(F)F)c1)C1CCCN(C(=O)CCc2cnccn2)C1. The third-order valence-electron chi connectivity index (χ3n) is 4.83. The van der Waals surface area contributed by atoms with Gasteiger partial charge in [0.25, 0.3) is 0 Å². The van der Waals surface area contributed by atoms with Crippen molar-refractivity contribution in [2.75, 3.05) is 13.1 Å². The van der Waals surface area contributed by atoms with Crippen molar-refractivity contribution in [1.29, 1.82) is 0 Å². The van der Waals surface area contributed by atoms with Gasteiger partial charge in [0.2, 0.25) is 5.91 Å². The zero-order valence-corrected chi connectivity index (χ0v) is 15.2. The molecule has 1 amide bonds. The van der Waals surface area contributed by atoms with E-state index in [0.29, 0.717) is 31.5 Å². The lowest BCUT2D eigenvalue weighted by molar-refractivity contribution is -0.137. The summed E-state index contributed by atoms with van der Waals surface area (Å²) in [4.78, 5) is 34.9. The first-order valence-corrected chi connectivity index (χ1v) is 9.09. The van der Waals surface area contributed by atoms with Crippen LogP contribution in [-0.2, 0) is 17.4 Å². The maximum atomic E-state index is 12.9. The molecule has 1 saturated heterocycles. The molecule has 1 aromatic carbocycles. The third kappa shape index (κ3) is 4.94. The number of amides is 1. The van der Waals surface area contributed by atoms with E-state index in [1.165, 1.54) is 12.1 Å². The summed E-state index contributed by atoms with van der Waals surface area (Å²) in [5.74, 6) is -0.928. The Morgan fingerprint density at radius 1 is 1.21 bits per heavy atom. The normalized spacial score (nSPS) is 17.4. The van der Waals surface area contributed by atoms with Gasteiger partial charge in [0.15, 0.2) is 5.78 Å². The number of ketones is 1. The molecule has 1 aliphatic rings. The largest absolute Gasteiger partial charge is 0.416 e. The van der Waals surface area contributed by atoms with Crippen molar-refractivity contribution in [2.45, 2.75) is 31.9 Å². The molecule has 2 aromatic rings. The fourth-order valence-corrected chi connectivity index (χ4v) is 3.35. The van der Waals surface area contributed by atoms with Crippen molar-refractivity contribution in [3.63, 3.8) is 0 Å². The highest BCUT2D eigenvalue weighted by Gasteiger charge is 2.33. The lowest BCUT2D eigenvalue weighted by atomic mass is 9.89. The highest BCUT2D eigenvalue weighted by atomic mass is 19.4. The number of alkyl halides is 3. The molecule has 8 heteroatoms. The number of aromatic nitrogens is 2. The van der Waals surface area contributed by atoms with E-state index in [1.807, 2.05) is 0 Å². The van der Waals surface area contributed by atoms with Crippen LogP contribution in [0.3, 0.4) is 0 Å². The van der Waals surface area contributed by atoms with E-state index in [0.717, 1.165) is 12.1 Å². The first kappa shape index (κ1) is 20.0. The lowest BCUT2D eigenvalue weighted by Crippen LogP contribution is -2.42. The number of halogens is 3. The number of nitrogens with zero attached hydrogens (tertiary/aromatic N) is 3. The molecule has 1 aliphatic heterocycles. The molecule has 0 bridgehead atoms. The van der Waals surface area contributed by atoms with E-state index in [4.69, 9.17) is 0 Å². The van der Waals surface area contributed by atoms with Crippen LogP contribution >= 0.6 is 0 Å². The number of piperidine rings is 1. The monoisotopic (exact) mass is 391 g/mol. The van der Waals surface area contributed by atoms with Crippen LogP contribution in [-0.4, -0.2) is 39.6 Å². The van der Waals surface area contributed by atoms with E-state index >= 15 is 0 Å². The number of hydrogen-bond acceptors (Lipinski definition) is 4. The van der Waals surface area contributed by atoms with Gasteiger partial charge in [0.05, 0.1) is 11.3 Å². The number of Topliss-reactive ketones (excluding diaryl/α,β-unsaturated/α-hetero) is 1. The number of carbonyl (C=O) groups is 2. The molecule has 5 nitrogen and oxygen atoms in total. The maximum Gasteiger partial charge on any atom is 0.416 e. The molecule has 148 valence electrons. The number of carbonyl (C=O) groups excluding carboxylic acids is 2. The number of benzene rings is 1. The molecular formula is C20H20F3N3O2. The Labute approximate surface area is 160 Å². The van der Waals surface area contributed by atoms with Gasteiger partial charge < -0.3 is 4.90 Å². The summed E-state index contributed by atoms with van der Waals surface area (Å²) in [6, 6.07) is 4.46. The molecule has 2 heterocycles. The van der Waals surface area contributed by atoms with Crippen molar-refractivity contribution in [1.82, 2.24) is 14.9 Å². The van der Waals surface area contributed by atoms with Gasteiger partial charge in [-0.15, -0.1) is 0 Å². The van der Waals surface area contributed by atoms with Crippen LogP contribution in [0.2, 0.25) is 0 Å². The van der Waals surface area contributed by atoms with E-state index in [-0.39, 0.29) is 30.2 Å². The summed E-state index contributed by atoms with van der Waals surface area (Å²) < 4.78 is 38.7. The zero-order valence-electron chi connectivity index (χ0n) is 15.2. The average Bonchev–Trinajstić information content (AvgIpc) is 2.72. The van der Waals surface area contributed by atoms with Crippen LogP contribution in [0.15, 0.2) is 42.9 Å². The standard InChI is InChI=1S/C20H20F3N3O2/c21-20(22,23)16-5-1-3-14(11-16)19(28)15-4-2-10-26(13-15)18(27)7-6-17-12-24-8-9-25-17/h1,3,5,8-9,11-12,15H,2,4,6-7,10,13H2. The number of hydrogen-bond donors (Lipinski definition) is 0. The Kier molecular flexibility index (Phi) is 6.06. The van der Waals surface area contributed by atoms with E-state index in [1.54, 1.807) is 23.5 Å². The Hall–Kier alpha value is -2.77. The second-order valence-corrected chi connectivity index (χ2v) is 6.82. The van der Waals surface area contributed by atoms with Gasteiger partial charge in [-0.05, 0) is 31.4 Å². The predicted octanol–water partition coefficient (Wildman–Crippen LogP) is 3.55. The molecule has 28 heavy (non-hydrogen) atoms. The molecule has 0 aliphatic carbocycles. The minimum atomic E-state index is -4.49. The maximum absolute atomic E-state index is 12.9. The number of likely N-dealkylation sites (tertiary alicyclic amines) is 1. The summed E-state index contributed by atoms with van der Waals surface area (Å²) in [6.45, 7) is 0.778. The van der Waals surface area contributed by atoms with Crippen molar-refractivity contribution in [3.05, 3.63) is 59.7 Å². The summed E-state index contributed by atoms with van der Waals surface area (Å²) in [7, 11) is 0. The average molecular weight is 391 g/mol. The molecule has 1 aromatic heterocycles. The van der Waals surface area contributed by atoms with Gasteiger partial charge in [0, 0.05) is 49.6 Å². The molecular weight excluding hydrogens is 371 g/mol. The Morgan fingerprint density at radius 2 is 2.04 bits per heavy atom. The summed E-state index contributed by atoms with van der Waals surface area (Å²) in [5.41, 5.74) is -0.0933. The van der Waals surface area contributed by atoms with Crippen LogP contribution in [0.25, 0.3) is 0 Å². The number of aryl methyl sites for hydroxylation is 1. The third-order valence-corrected chi connectivity index (χ3v) is 4.83. The van der Waals surface area contributed by atoms with Crippen molar-refractivity contribution in [2.24, 2.45) is 5.92 Å². The molecule has 0 N–H and O–H groups in total. The molecule has 1 atom stereocenters. The number of rotatable bonds is 5. The van der Waals surface area contributed by atoms with Gasteiger partial charge >= 0.3 is 6.18 Å². The van der Waals surface area contributed by atoms with Crippen LogP contribution in [0.1, 0.15) is 40.9 Å². The quantitative estimate of drug-likeness (QED) is 0.732. The Morgan fingerprint density at radius 3 is 2.75 bits per heavy atom. The van der Waals surface area contributed by atoms with Crippen LogP contribution in [0.5, 0.6) is 0 Å². The lowest BCUT2D eigenvalue weighted by Gasteiger charge is -2.32. The highest BCUT2D eigenvalue weighted by molar-refractivity contribution is 5.98. The molecule has 3 rings (SSSR count). The Balaban J connectivity index is 1.62. The zero-order chi connectivity index (χ0) is 20.1. The second-order valence-electron chi connectivity index (χ2n) is 6.82. The van der Waals surface area contributed by atoms with Crippen molar-refractivity contribution < 1.29 is 22.8 Å². The van der Waals surface area contributed by atoms with E-state index in [2.05, 4.69) is 9.97 Å². The first-order chi connectivity index (χ1) is 13.3. The van der Waals surface area contributed by atoms with Gasteiger partial charge in [-0.1, -0.05) is 12.1 Å². The summed E-state index contributed by atoms with van der Waals surface area (Å²) >= 11 is 0.